The Hall–Kier alpha value is -8.20. The molecule has 0 aromatic heterocycles. The van der Waals surface area contributed by atoms with Crippen LogP contribution in [0.1, 0.15) is 0 Å². The van der Waals surface area contributed by atoms with Crippen molar-refractivity contribution in [3.63, 3.8) is 0 Å². The lowest BCUT2D eigenvalue weighted by Gasteiger charge is -2.18. The first-order valence-corrected chi connectivity index (χ1v) is 21.9. The van der Waals surface area contributed by atoms with E-state index in [2.05, 4.69) is 218 Å². The summed E-state index contributed by atoms with van der Waals surface area (Å²) >= 11 is 0. The van der Waals surface area contributed by atoms with Crippen molar-refractivity contribution in [3.8, 4) is 67.1 Å². The van der Waals surface area contributed by atoms with Crippen molar-refractivity contribution >= 4 is 64.6 Å². The van der Waals surface area contributed by atoms with Crippen LogP contribution in [0.5, 0.6) is 11.5 Å². The summed E-state index contributed by atoms with van der Waals surface area (Å²) in [4.78, 5) is 0. The fourth-order valence-electron chi connectivity index (χ4n) is 10.1. The van der Waals surface area contributed by atoms with Gasteiger partial charge in [0.2, 0.25) is 0 Å². The minimum Gasteiger partial charge on any atom is -0.497 e. The highest BCUT2D eigenvalue weighted by Gasteiger charge is 2.19. The van der Waals surface area contributed by atoms with E-state index in [1.165, 1.54) is 120 Å². The average Bonchev–Trinajstić information content (AvgIpc) is 3.37. The van der Waals surface area contributed by atoms with Gasteiger partial charge in [-0.3, -0.25) is 0 Å². The standard InChI is InChI=1S/C62H42O2/c1-63-45-25-29-47-51(39-15-7-3-8-16-39)35-59-49-27-23-43(31-55(49)53(37-61(59)57(47)33-45)41-19-11-5-12-20-41)44-24-28-50-56(32-44)54(42-21-13-6-14-22-42)38-62-58-34-46(64-2)26-30-48(58)52(36-60(50)62)40-17-9-4-10-18-40/h3-38H,1-2H3. The molecule has 12 aromatic rings. The van der Waals surface area contributed by atoms with E-state index in [-0.39, 0.29) is 0 Å². The molecule has 12 aromatic carbocycles. The molecule has 0 saturated heterocycles. The molecule has 2 nitrogen and oxygen atoms in total. The van der Waals surface area contributed by atoms with Crippen LogP contribution in [0, 0.1) is 0 Å². The van der Waals surface area contributed by atoms with Crippen molar-refractivity contribution in [3.05, 3.63) is 218 Å². The molecule has 0 saturated carbocycles. The normalized spacial score (nSPS) is 11.6. The molecule has 0 heterocycles. The zero-order valence-corrected chi connectivity index (χ0v) is 35.6. The molecular formula is C62H42O2. The van der Waals surface area contributed by atoms with Crippen LogP contribution in [0.25, 0.3) is 120 Å². The van der Waals surface area contributed by atoms with E-state index in [0.29, 0.717) is 0 Å². The second kappa shape index (κ2) is 15.3. The number of methoxy groups -OCH3 is 2. The highest BCUT2D eigenvalue weighted by atomic mass is 16.5. The van der Waals surface area contributed by atoms with Crippen molar-refractivity contribution < 1.29 is 9.47 Å². The van der Waals surface area contributed by atoms with Gasteiger partial charge in [0.25, 0.3) is 0 Å². The van der Waals surface area contributed by atoms with Crippen LogP contribution in [0.15, 0.2) is 218 Å². The third-order valence-electron chi connectivity index (χ3n) is 13.2. The van der Waals surface area contributed by atoms with Gasteiger partial charge in [-0.05, 0) is 181 Å². The van der Waals surface area contributed by atoms with Gasteiger partial charge in [0.15, 0.2) is 0 Å². The molecule has 0 unspecified atom stereocenters. The summed E-state index contributed by atoms with van der Waals surface area (Å²) in [5, 5.41) is 14.5. The topological polar surface area (TPSA) is 18.5 Å². The van der Waals surface area contributed by atoms with Crippen molar-refractivity contribution in [1.29, 1.82) is 0 Å². The highest BCUT2D eigenvalue weighted by Crippen LogP contribution is 2.46. The van der Waals surface area contributed by atoms with Gasteiger partial charge in [0.1, 0.15) is 11.5 Å². The summed E-state index contributed by atoms with van der Waals surface area (Å²) in [7, 11) is 3.49. The molecule has 0 bridgehead atoms. The Morgan fingerprint density at radius 2 is 0.484 bits per heavy atom. The van der Waals surface area contributed by atoms with Crippen molar-refractivity contribution in [2.24, 2.45) is 0 Å². The Kier molecular flexibility index (Phi) is 8.98. The Morgan fingerprint density at radius 1 is 0.203 bits per heavy atom. The molecule has 64 heavy (non-hydrogen) atoms. The first-order valence-electron chi connectivity index (χ1n) is 21.9. The lowest BCUT2D eigenvalue weighted by molar-refractivity contribution is 0.415. The van der Waals surface area contributed by atoms with Gasteiger partial charge in [0, 0.05) is 0 Å². The van der Waals surface area contributed by atoms with Crippen LogP contribution in [-0.2, 0) is 0 Å². The zero-order valence-electron chi connectivity index (χ0n) is 35.6. The maximum Gasteiger partial charge on any atom is 0.119 e. The Morgan fingerprint density at radius 3 is 0.812 bits per heavy atom. The number of hydrogen-bond acceptors (Lipinski definition) is 2. The second-order valence-electron chi connectivity index (χ2n) is 16.7. The number of fused-ring (bicyclic) bond motifs is 10. The fraction of sp³-hybridized carbons (Fsp3) is 0.0323. The summed E-state index contributed by atoms with van der Waals surface area (Å²) < 4.78 is 11.6. The Balaban J connectivity index is 1.14. The molecule has 0 spiro atoms. The highest BCUT2D eigenvalue weighted by molar-refractivity contribution is 6.26. The average molecular weight is 819 g/mol. The molecule has 0 atom stereocenters. The zero-order chi connectivity index (χ0) is 42.7. The van der Waals surface area contributed by atoms with Crippen molar-refractivity contribution in [1.82, 2.24) is 0 Å². The third kappa shape index (κ3) is 6.18. The molecule has 2 heteroatoms. The predicted octanol–water partition coefficient (Wildman–Crippen LogP) is 17.0. The van der Waals surface area contributed by atoms with Crippen LogP contribution >= 0.6 is 0 Å². The molecule has 12 rings (SSSR count). The number of hydrogen-bond donors (Lipinski definition) is 0. The Bertz CT molecular complexity index is 3510. The van der Waals surface area contributed by atoms with Gasteiger partial charge in [-0.25, -0.2) is 0 Å². The smallest absolute Gasteiger partial charge is 0.119 e. The minimum atomic E-state index is 0.846. The van der Waals surface area contributed by atoms with Crippen molar-refractivity contribution in [2.45, 2.75) is 0 Å². The number of benzene rings is 12. The maximum absolute atomic E-state index is 5.82. The molecule has 302 valence electrons. The van der Waals surface area contributed by atoms with Gasteiger partial charge in [0.05, 0.1) is 14.2 Å². The summed E-state index contributed by atoms with van der Waals surface area (Å²) in [5.74, 6) is 1.69. The summed E-state index contributed by atoms with van der Waals surface area (Å²) in [6, 6.07) is 79.8. The SMILES string of the molecule is COc1ccc2c(-c3ccccc3)cc3c4ccc(-c5ccc6c(c5)c(-c5ccccc5)cc5c7cc(OC)ccc7c(-c7ccccc7)cc65)cc4c(-c4ccccc4)cc3c2c1. The quantitative estimate of drug-likeness (QED) is 0.149. The van der Waals surface area contributed by atoms with Crippen LogP contribution in [0.3, 0.4) is 0 Å². The largest absolute Gasteiger partial charge is 0.497 e. The van der Waals surface area contributed by atoms with E-state index < -0.39 is 0 Å². The third-order valence-corrected chi connectivity index (χ3v) is 13.2. The fourth-order valence-corrected chi connectivity index (χ4v) is 10.1. The summed E-state index contributed by atoms with van der Waals surface area (Å²) in [5.41, 5.74) is 11.9. The van der Waals surface area contributed by atoms with E-state index in [1.54, 1.807) is 14.2 Å². The van der Waals surface area contributed by atoms with Crippen LogP contribution in [0.2, 0.25) is 0 Å². The molecule has 0 radical (unpaired) electrons. The van der Waals surface area contributed by atoms with Crippen molar-refractivity contribution in [2.75, 3.05) is 14.2 Å². The lowest BCUT2D eigenvalue weighted by atomic mass is 9.85. The van der Waals surface area contributed by atoms with Gasteiger partial charge >= 0.3 is 0 Å². The number of rotatable bonds is 7. The summed E-state index contributed by atoms with van der Waals surface area (Å²) in [6.45, 7) is 0. The van der Waals surface area contributed by atoms with Gasteiger partial charge in [-0.2, -0.15) is 0 Å². The first-order chi connectivity index (χ1) is 31.6. The van der Waals surface area contributed by atoms with Gasteiger partial charge in [-0.1, -0.05) is 158 Å². The second-order valence-corrected chi connectivity index (χ2v) is 16.7. The Labute approximate surface area is 372 Å². The molecule has 0 aliphatic rings. The molecule has 0 N–H and O–H groups in total. The monoisotopic (exact) mass is 818 g/mol. The van der Waals surface area contributed by atoms with E-state index in [9.17, 15) is 0 Å². The predicted molar refractivity (Wildman–Crippen MR) is 272 cm³/mol. The molecule has 0 amide bonds. The molecule has 0 fully saturated rings. The van der Waals surface area contributed by atoms with Crippen LogP contribution in [-0.4, -0.2) is 14.2 Å². The van der Waals surface area contributed by atoms with Crippen LogP contribution in [0.4, 0.5) is 0 Å². The molecule has 0 aliphatic heterocycles. The summed E-state index contributed by atoms with van der Waals surface area (Å²) in [6.07, 6.45) is 0. The van der Waals surface area contributed by atoms with E-state index in [4.69, 9.17) is 9.47 Å². The van der Waals surface area contributed by atoms with Gasteiger partial charge < -0.3 is 9.47 Å². The maximum atomic E-state index is 5.82. The lowest BCUT2D eigenvalue weighted by Crippen LogP contribution is -1.92. The van der Waals surface area contributed by atoms with E-state index >= 15 is 0 Å². The molecular weight excluding hydrogens is 777 g/mol. The number of ether oxygens (including phenoxy) is 2. The first kappa shape index (κ1) is 37.6. The van der Waals surface area contributed by atoms with Crippen LogP contribution < -0.4 is 9.47 Å². The van der Waals surface area contributed by atoms with Gasteiger partial charge in [-0.15, -0.1) is 0 Å². The van der Waals surface area contributed by atoms with E-state index in [0.717, 1.165) is 11.5 Å². The minimum absolute atomic E-state index is 0.846. The van der Waals surface area contributed by atoms with E-state index in [1.807, 2.05) is 0 Å². The molecule has 0 aliphatic carbocycles.